The summed E-state index contributed by atoms with van der Waals surface area (Å²) >= 11 is 0. The molecule has 2 aliphatic heterocycles. The molecule has 212 valence electrons. The number of carbonyl (C=O) groups excluding carboxylic acids is 1. The summed E-state index contributed by atoms with van der Waals surface area (Å²) in [4.78, 5) is 32.5. The fourth-order valence-electron chi connectivity index (χ4n) is 6.10. The molecule has 1 aromatic carbocycles. The molecule has 2 aliphatic rings. The Balaban J connectivity index is 1.38. The van der Waals surface area contributed by atoms with Crippen LogP contribution in [0.25, 0.3) is 11.0 Å². The number of hydrogen-bond acceptors (Lipinski definition) is 7. The van der Waals surface area contributed by atoms with Gasteiger partial charge in [0.2, 0.25) is 0 Å². The van der Waals surface area contributed by atoms with E-state index in [9.17, 15) is 14.9 Å². The lowest BCUT2D eigenvalue weighted by atomic mass is 9.96. The highest BCUT2D eigenvalue weighted by Gasteiger charge is 2.37. The number of benzene rings is 1. The number of nitriles is 1. The van der Waals surface area contributed by atoms with Crippen molar-refractivity contribution in [2.75, 3.05) is 38.2 Å². The van der Waals surface area contributed by atoms with Crippen LogP contribution in [0.4, 0.5) is 5.69 Å². The largest absolute Gasteiger partial charge is 0.378 e. The molecule has 3 aromatic rings. The zero-order valence-corrected chi connectivity index (χ0v) is 24.1. The normalized spacial score (nSPS) is 20.9. The lowest BCUT2D eigenvalue weighted by Crippen LogP contribution is -2.58. The maximum Gasteiger partial charge on any atom is 0.254 e. The Morgan fingerprint density at radius 1 is 1.12 bits per heavy atom. The molecule has 40 heavy (non-hydrogen) atoms. The minimum atomic E-state index is -0.0803. The molecule has 0 bridgehead atoms. The van der Waals surface area contributed by atoms with Crippen LogP contribution in [0.15, 0.2) is 41.3 Å². The number of nitrogens with zero attached hydrogens (tertiary/aromatic N) is 7. The first-order valence-electron chi connectivity index (χ1n) is 14.2. The zero-order chi connectivity index (χ0) is 28.6. The Morgan fingerprint density at radius 2 is 1.82 bits per heavy atom. The van der Waals surface area contributed by atoms with Crippen LogP contribution in [0.5, 0.6) is 0 Å². The number of pyridine rings is 1. The van der Waals surface area contributed by atoms with Crippen LogP contribution < -0.4 is 10.5 Å². The number of methoxy groups -OCH3 is 1. The molecule has 0 N–H and O–H groups in total. The van der Waals surface area contributed by atoms with Crippen LogP contribution in [0.1, 0.15) is 55.6 Å². The summed E-state index contributed by atoms with van der Waals surface area (Å²) in [5.41, 5.74) is 4.15. The number of hydrogen-bond donors (Lipinski definition) is 0. The molecule has 0 saturated carbocycles. The average Bonchev–Trinajstić information content (AvgIpc) is 3.37. The molecule has 0 unspecified atom stereocenters. The molecule has 1 amide bonds. The second-order valence-electron chi connectivity index (χ2n) is 11.0. The van der Waals surface area contributed by atoms with E-state index in [1.54, 1.807) is 35.7 Å². The summed E-state index contributed by atoms with van der Waals surface area (Å²) in [6, 6.07) is 12.5. The molecule has 0 aliphatic carbocycles. The number of aryl methyl sites for hydroxylation is 1. The summed E-state index contributed by atoms with van der Waals surface area (Å²) in [7, 11) is 3.43. The second kappa shape index (κ2) is 11.4. The van der Waals surface area contributed by atoms with Crippen molar-refractivity contribution >= 4 is 22.6 Å². The maximum absolute atomic E-state index is 12.9. The SMILES string of the molecule is CC[C@H]1CN([C@H](C)c2ccc(C(=O)N3CC(OC)C3)cc2)[C@H](CC)CN1c1cc(=O)n(C)c2cn(CC#N)nc12. The number of ether oxygens (including phenoxy) is 1. The van der Waals surface area contributed by atoms with Gasteiger partial charge in [-0.1, -0.05) is 26.0 Å². The number of anilines is 1. The predicted molar refractivity (Wildman–Crippen MR) is 154 cm³/mol. The number of aromatic nitrogens is 3. The summed E-state index contributed by atoms with van der Waals surface area (Å²) in [5.74, 6) is 0.0520. The van der Waals surface area contributed by atoms with Crippen molar-refractivity contribution in [2.24, 2.45) is 7.05 Å². The Kier molecular flexibility index (Phi) is 7.97. The minimum absolute atomic E-state index is 0.0520. The molecule has 10 nitrogen and oxygen atoms in total. The highest BCUT2D eigenvalue weighted by Crippen LogP contribution is 2.34. The first-order chi connectivity index (χ1) is 19.3. The van der Waals surface area contributed by atoms with Crippen LogP contribution in [0.2, 0.25) is 0 Å². The van der Waals surface area contributed by atoms with Gasteiger partial charge in [-0.2, -0.15) is 10.4 Å². The van der Waals surface area contributed by atoms with Gasteiger partial charge in [-0.3, -0.25) is 19.2 Å². The van der Waals surface area contributed by atoms with Crippen molar-refractivity contribution in [1.29, 1.82) is 5.26 Å². The fourth-order valence-corrected chi connectivity index (χ4v) is 6.10. The Bertz CT molecular complexity index is 1470. The molecule has 2 aromatic heterocycles. The highest BCUT2D eigenvalue weighted by molar-refractivity contribution is 5.94. The standard InChI is InChI=1S/C30H39N7O3/c1-6-23-16-37(26-14-28(38)33(4)27-19-35(13-12-31)32-29(26)27)24(7-2)15-36(23)20(3)21-8-10-22(11-9-21)30(39)34-17-25(18-34)40-5/h8-11,14,19-20,23-25H,6-7,13,15-18H2,1-5H3/t20-,23-,24+/m1/s1. The van der Waals surface area contributed by atoms with E-state index in [2.05, 4.69) is 48.8 Å². The second-order valence-corrected chi connectivity index (χ2v) is 11.0. The molecule has 0 spiro atoms. The van der Waals surface area contributed by atoms with Crippen LogP contribution in [0, 0.1) is 11.3 Å². The molecule has 0 radical (unpaired) electrons. The predicted octanol–water partition coefficient (Wildman–Crippen LogP) is 3.17. The van der Waals surface area contributed by atoms with Gasteiger partial charge in [-0.05, 0) is 37.5 Å². The minimum Gasteiger partial charge on any atom is -0.378 e. The van der Waals surface area contributed by atoms with E-state index in [-0.39, 0.29) is 42.2 Å². The van der Waals surface area contributed by atoms with Crippen LogP contribution in [-0.4, -0.2) is 81.5 Å². The lowest BCUT2D eigenvalue weighted by Gasteiger charge is -2.49. The first-order valence-corrected chi connectivity index (χ1v) is 14.2. The summed E-state index contributed by atoms with van der Waals surface area (Å²) in [5, 5.41) is 13.9. The van der Waals surface area contributed by atoms with Crippen molar-refractivity contribution in [3.05, 3.63) is 58.0 Å². The van der Waals surface area contributed by atoms with Gasteiger partial charge in [0.05, 0.1) is 29.6 Å². The number of fused-ring (bicyclic) bond motifs is 1. The third kappa shape index (κ3) is 5.00. The fraction of sp³-hybridized carbons (Fsp3) is 0.533. The molecular formula is C30H39N7O3. The van der Waals surface area contributed by atoms with Crippen LogP contribution >= 0.6 is 0 Å². The molecular weight excluding hydrogens is 506 g/mol. The Hall–Kier alpha value is -3.68. The van der Waals surface area contributed by atoms with E-state index in [1.807, 2.05) is 17.0 Å². The number of rotatable bonds is 8. The smallest absolute Gasteiger partial charge is 0.254 e. The molecule has 10 heteroatoms. The van der Waals surface area contributed by atoms with E-state index in [0.29, 0.717) is 18.7 Å². The Labute approximate surface area is 235 Å². The summed E-state index contributed by atoms with van der Waals surface area (Å²) in [6.07, 6.45) is 3.80. The third-order valence-corrected chi connectivity index (χ3v) is 8.77. The van der Waals surface area contributed by atoms with Crippen molar-refractivity contribution < 1.29 is 9.53 Å². The van der Waals surface area contributed by atoms with Crippen LogP contribution in [-0.2, 0) is 18.3 Å². The monoisotopic (exact) mass is 545 g/mol. The van der Waals surface area contributed by atoms with E-state index in [4.69, 9.17) is 9.84 Å². The van der Waals surface area contributed by atoms with E-state index >= 15 is 0 Å². The van der Waals surface area contributed by atoms with Gasteiger partial charge < -0.3 is 19.1 Å². The first kappa shape index (κ1) is 27.9. The van der Waals surface area contributed by atoms with Crippen molar-refractivity contribution in [3.63, 3.8) is 0 Å². The topological polar surface area (TPSA) is 99.6 Å². The zero-order valence-electron chi connectivity index (χ0n) is 24.1. The van der Waals surface area contributed by atoms with Gasteiger partial charge in [0.1, 0.15) is 12.1 Å². The Morgan fingerprint density at radius 3 is 2.45 bits per heavy atom. The highest BCUT2D eigenvalue weighted by atomic mass is 16.5. The summed E-state index contributed by atoms with van der Waals surface area (Å²) < 4.78 is 8.51. The summed E-state index contributed by atoms with van der Waals surface area (Å²) in [6.45, 7) is 9.68. The quantitative estimate of drug-likeness (QED) is 0.429. The van der Waals surface area contributed by atoms with Crippen LogP contribution in [0.3, 0.4) is 0 Å². The lowest BCUT2D eigenvalue weighted by molar-refractivity contribution is -0.0191. The molecule has 2 saturated heterocycles. The van der Waals surface area contributed by atoms with Crippen molar-refractivity contribution in [1.82, 2.24) is 24.1 Å². The molecule has 4 heterocycles. The van der Waals surface area contributed by atoms with E-state index < -0.39 is 0 Å². The van der Waals surface area contributed by atoms with Gasteiger partial charge in [0, 0.05) is 70.1 Å². The molecule has 3 atom stereocenters. The third-order valence-electron chi connectivity index (χ3n) is 8.77. The molecule has 5 rings (SSSR count). The van der Waals surface area contributed by atoms with Crippen molar-refractivity contribution in [2.45, 2.75) is 64.4 Å². The van der Waals surface area contributed by atoms with E-state index in [1.165, 1.54) is 5.56 Å². The number of carbonyl (C=O) groups is 1. The van der Waals surface area contributed by atoms with Gasteiger partial charge >= 0.3 is 0 Å². The average molecular weight is 546 g/mol. The number of amides is 1. The maximum atomic E-state index is 12.9. The number of likely N-dealkylation sites (tertiary alicyclic amines) is 1. The molecule has 2 fully saturated rings. The van der Waals surface area contributed by atoms with Gasteiger partial charge in [-0.25, -0.2) is 0 Å². The number of piperazine rings is 1. The van der Waals surface area contributed by atoms with Crippen molar-refractivity contribution in [3.8, 4) is 6.07 Å². The van der Waals surface area contributed by atoms with Gasteiger partial charge in [-0.15, -0.1) is 0 Å². The van der Waals surface area contributed by atoms with Gasteiger partial charge in [0.25, 0.3) is 11.5 Å². The van der Waals surface area contributed by atoms with E-state index in [0.717, 1.165) is 42.7 Å². The van der Waals surface area contributed by atoms with Gasteiger partial charge in [0.15, 0.2) is 0 Å².